The van der Waals surface area contributed by atoms with E-state index < -0.39 is 0 Å². The first-order valence-electron chi connectivity index (χ1n) is 4.61. The molecule has 0 spiro atoms. The maximum absolute atomic E-state index is 9.29. The topological polar surface area (TPSA) is 52.5 Å². The molecule has 3 nitrogen and oxygen atoms in total. The van der Waals surface area contributed by atoms with Gasteiger partial charge in [0.15, 0.2) is 0 Å². The molecule has 0 aromatic heterocycles. The van der Waals surface area contributed by atoms with E-state index in [0.717, 1.165) is 5.56 Å². The van der Waals surface area contributed by atoms with Crippen molar-refractivity contribution in [1.82, 2.24) is 5.32 Å². The lowest BCUT2D eigenvalue weighted by Crippen LogP contribution is -2.29. The standard InChI is InChI=1S/C11H14ClNO2/c1-2-10(7-14)13-6-8-3-9(12)5-11(15)4-8/h2-5,10,13-15H,1,6-7H2/t10-/m1/s1. The number of benzene rings is 1. The van der Waals surface area contributed by atoms with Crippen LogP contribution in [0.5, 0.6) is 5.75 Å². The lowest BCUT2D eigenvalue weighted by molar-refractivity contribution is 0.264. The van der Waals surface area contributed by atoms with Gasteiger partial charge in [-0.25, -0.2) is 0 Å². The molecule has 1 atom stereocenters. The van der Waals surface area contributed by atoms with Crippen LogP contribution in [0.4, 0.5) is 0 Å². The van der Waals surface area contributed by atoms with Gasteiger partial charge in [0.05, 0.1) is 6.61 Å². The Balaban J connectivity index is 2.60. The molecule has 0 amide bonds. The molecule has 0 saturated carbocycles. The SMILES string of the molecule is C=C[C@H](CO)NCc1cc(O)cc(Cl)c1. The van der Waals surface area contributed by atoms with Crippen molar-refractivity contribution in [2.75, 3.05) is 6.61 Å². The number of phenolic OH excluding ortho intramolecular Hbond substituents is 1. The molecule has 0 aliphatic carbocycles. The highest BCUT2D eigenvalue weighted by Gasteiger charge is 2.02. The third-order valence-corrected chi connectivity index (χ3v) is 2.21. The summed E-state index contributed by atoms with van der Waals surface area (Å²) in [6, 6.07) is 4.70. The van der Waals surface area contributed by atoms with E-state index in [1.54, 1.807) is 18.2 Å². The summed E-state index contributed by atoms with van der Waals surface area (Å²) in [7, 11) is 0. The minimum Gasteiger partial charge on any atom is -0.508 e. The number of aromatic hydroxyl groups is 1. The van der Waals surface area contributed by atoms with Crippen molar-refractivity contribution in [2.45, 2.75) is 12.6 Å². The van der Waals surface area contributed by atoms with Crippen LogP contribution in [-0.4, -0.2) is 22.9 Å². The average Bonchev–Trinajstić information content (AvgIpc) is 2.18. The van der Waals surface area contributed by atoms with E-state index in [1.807, 2.05) is 0 Å². The molecule has 0 radical (unpaired) electrons. The maximum atomic E-state index is 9.29. The molecule has 3 N–H and O–H groups in total. The second kappa shape index (κ2) is 5.75. The Hall–Kier alpha value is -1.03. The van der Waals surface area contributed by atoms with Crippen LogP contribution in [0.1, 0.15) is 5.56 Å². The van der Waals surface area contributed by atoms with Gasteiger partial charge in [-0.2, -0.15) is 0 Å². The molecule has 4 heteroatoms. The highest BCUT2D eigenvalue weighted by Crippen LogP contribution is 2.19. The molecule has 1 rings (SSSR count). The normalized spacial score (nSPS) is 12.4. The largest absolute Gasteiger partial charge is 0.508 e. The number of aliphatic hydroxyl groups is 1. The molecule has 0 fully saturated rings. The van der Waals surface area contributed by atoms with Crippen LogP contribution in [0.25, 0.3) is 0 Å². The fraction of sp³-hybridized carbons (Fsp3) is 0.273. The number of aliphatic hydroxyl groups excluding tert-OH is 1. The van der Waals surface area contributed by atoms with Crippen LogP contribution in [0, 0.1) is 0 Å². The summed E-state index contributed by atoms with van der Waals surface area (Å²) in [6.07, 6.45) is 1.63. The fourth-order valence-electron chi connectivity index (χ4n) is 1.21. The minimum atomic E-state index is -0.147. The van der Waals surface area contributed by atoms with E-state index in [-0.39, 0.29) is 18.4 Å². The first-order chi connectivity index (χ1) is 7.15. The van der Waals surface area contributed by atoms with Crippen molar-refractivity contribution in [3.8, 4) is 5.75 Å². The van der Waals surface area contributed by atoms with Crippen molar-refractivity contribution < 1.29 is 10.2 Å². The summed E-state index contributed by atoms with van der Waals surface area (Å²) in [5, 5.41) is 21.7. The van der Waals surface area contributed by atoms with E-state index in [1.165, 1.54) is 6.07 Å². The van der Waals surface area contributed by atoms with Gasteiger partial charge in [0, 0.05) is 17.6 Å². The minimum absolute atomic E-state index is 0.00392. The zero-order valence-electron chi connectivity index (χ0n) is 8.28. The number of rotatable bonds is 5. The van der Waals surface area contributed by atoms with Gasteiger partial charge in [-0.15, -0.1) is 6.58 Å². The molecule has 1 aromatic rings. The van der Waals surface area contributed by atoms with E-state index in [0.29, 0.717) is 11.6 Å². The first-order valence-corrected chi connectivity index (χ1v) is 4.98. The Morgan fingerprint density at radius 1 is 1.47 bits per heavy atom. The average molecular weight is 228 g/mol. The Morgan fingerprint density at radius 2 is 2.20 bits per heavy atom. The van der Waals surface area contributed by atoms with Gasteiger partial charge >= 0.3 is 0 Å². The van der Waals surface area contributed by atoms with Crippen LogP contribution < -0.4 is 5.32 Å². The predicted octanol–water partition coefficient (Wildman–Crippen LogP) is 1.68. The quantitative estimate of drug-likeness (QED) is 0.671. The molecule has 15 heavy (non-hydrogen) atoms. The first kappa shape index (κ1) is 12.0. The lowest BCUT2D eigenvalue weighted by atomic mass is 10.2. The van der Waals surface area contributed by atoms with Gasteiger partial charge in [-0.3, -0.25) is 0 Å². The Kier molecular flexibility index (Phi) is 4.62. The fourth-order valence-corrected chi connectivity index (χ4v) is 1.46. The number of halogens is 1. The van der Waals surface area contributed by atoms with Crippen LogP contribution in [-0.2, 0) is 6.54 Å². The molecule has 0 unspecified atom stereocenters. The third-order valence-electron chi connectivity index (χ3n) is 1.99. The Labute approximate surface area is 94.0 Å². The highest BCUT2D eigenvalue weighted by atomic mass is 35.5. The molecular weight excluding hydrogens is 214 g/mol. The van der Waals surface area contributed by atoms with Crippen molar-refractivity contribution in [3.05, 3.63) is 41.4 Å². The van der Waals surface area contributed by atoms with E-state index in [9.17, 15) is 5.11 Å². The summed E-state index contributed by atoms with van der Waals surface area (Å²) in [5.74, 6) is 0.137. The number of phenols is 1. The smallest absolute Gasteiger partial charge is 0.117 e. The van der Waals surface area contributed by atoms with Crippen LogP contribution >= 0.6 is 11.6 Å². The predicted molar refractivity (Wildman–Crippen MR) is 61.0 cm³/mol. The second-order valence-electron chi connectivity index (χ2n) is 3.22. The monoisotopic (exact) mass is 227 g/mol. The van der Waals surface area contributed by atoms with Gasteiger partial charge in [0.1, 0.15) is 5.75 Å². The van der Waals surface area contributed by atoms with Crippen molar-refractivity contribution in [2.24, 2.45) is 0 Å². The molecule has 0 saturated heterocycles. The highest BCUT2D eigenvalue weighted by molar-refractivity contribution is 6.30. The van der Waals surface area contributed by atoms with Gasteiger partial charge < -0.3 is 15.5 Å². The maximum Gasteiger partial charge on any atom is 0.117 e. The van der Waals surface area contributed by atoms with Crippen molar-refractivity contribution in [1.29, 1.82) is 0 Å². The van der Waals surface area contributed by atoms with Crippen LogP contribution in [0.3, 0.4) is 0 Å². The Bertz CT molecular complexity index is 321. The zero-order valence-corrected chi connectivity index (χ0v) is 9.04. The molecule has 0 aliphatic heterocycles. The number of hydrogen-bond donors (Lipinski definition) is 3. The molecule has 1 aromatic carbocycles. The molecule has 0 aliphatic rings. The van der Waals surface area contributed by atoms with Crippen molar-refractivity contribution >= 4 is 11.6 Å². The summed E-state index contributed by atoms with van der Waals surface area (Å²) in [5.41, 5.74) is 0.861. The number of nitrogens with one attached hydrogen (secondary N) is 1. The summed E-state index contributed by atoms with van der Waals surface area (Å²) < 4.78 is 0. The van der Waals surface area contributed by atoms with Gasteiger partial charge in [0.25, 0.3) is 0 Å². The van der Waals surface area contributed by atoms with Crippen LogP contribution in [0.2, 0.25) is 5.02 Å². The third kappa shape index (κ3) is 3.91. The summed E-state index contributed by atoms with van der Waals surface area (Å²) in [4.78, 5) is 0. The van der Waals surface area contributed by atoms with Gasteiger partial charge in [0.2, 0.25) is 0 Å². The van der Waals surface area contributed by atoms with Gasteiger partial charge in [-0.1, -0.05) is 17.7 Å². The molecule has 0 heterocycles. The van der Waals surface area contributed by atoms with E-state index in [2.05, 4.69) is 11.9 Å². The van der Waals surface area contributed by atoms with E-state index >= 15 is 0 Å². The van der Waals surface area contributed by atoms with E-state index in [4.69, 9.17) is 16.7 Å². The molecular formula is C11H14ClNO2. The summed E-state index contributed by atoms with van der Waals surface area (Å²) >= 11 is 5.78. The summed E-state index contributed by atoms with van der Waals surface area (Å²) in [6.45, 7) is 4.10. The molecule has 82 valence electrons. The second-order valence-corrected chi connectivity index (χ2v) is 3.66. The number of hydrogen-bond acceptors (Lipinski definition) is 3. The van der Waals surface area contributed by atoms with Crippen molar-refractivity contribution in [3.63, 3.8) is 0 Å². The Morgan fingerprint density at radius 3 is 2.73 bits per heavy atom. The lowest BCUT2D eigenvalue weighted by Gasteiger charge is -2.11. The zero-order chi connectivity index (χ0) is 11.3. The van der Waals surface area contributed by atoms with Crippen LogP contribution in [0.15, 0.2) is 30.9 Å². The molecule has 0 bridgehead atoms. The van der Waals surface area contributed by atoms with Gasteiger partial charge in [-0.05, 0) is 23.8 Å².